The lowest BCUT2D eigenvalue weighted by Gasteiger charge is -2.21. The van der Waals surface area contributed by atoms with Gasteiger partial charge in [0.2, 0.25) is 15.9 Å². The quantitative estimate of drug-likeness (QED) is 0.820. The number of sulfonamides is 1. The average Bonchev–Trinajstić information content (AvgIpc) is 2.68. The van der Waals surface area contributed by atoms with E-state index in [2.05, 4.69) is 0 Å². The lowest BCUT2D eigenvalue weighted by Crippen LogP contribution is -2.36. The van der Waals surface area contributed by atoms with Crippen molar-refractivity contribution in [3.8, 4) is 0 Å². The maximum absolute atomic E-state index is 12.7. The lowest BCUT2D eigenvalue weighted by atomic mass is 10.2. The van der Waals surface area contributed by atoms with E-state index in [-0.39, 0.29) is 10.8 Å². The third kappa shape index (κ3) is 3.36. The van der Waals surface area contributed by atoms with Crippen LogP contribution in [0, 0.1) is 6.92 Å². The molecule has 1 aromatic rings. The van der Waals surface area contributed by atoms with Crippen LogP contribution in [0.25, 0.3) is 0 Å². The molecule has 7 heteroatoms. The minimum atomic E-state index is -3.53. The zero-order valence-electron chi connectivity index (χ0n) is 12.4. The van der Waals surface area contributed by atoms with E-state index in [0.717, 1.165) is 5.56 Å². The van der Waals surface area contributed by atoms with Gasteiger partial charge < -0.3 is 10.6 Å². The highest BCUT2D eigenvalue weighted by atomic mass is 32.2. The lowest BCUT2D eigenvalue weighted by molar-refractivity contribution is -0.128. The SMILES string of the molecule is CC(=O)N1CCCN(S(=O)(=O)c2ccc(N)c(C)c2)CC1. The Morgan fingerprint density at radius 1 is 1.19 bits per heavy atom. The Morgan fingerprint density at radius 3 is 2.52 bits per heavy atom. The second-order valence-corrected chi connectivity index (χ2v) is 7.22. The Labute approximate surface area is 125 Å². The standard InChI is InChI=1S/C14H21N3O3S/c1-11-10-13(4-5-14(11)15)21(19,20)17-7-3-6-16(8-9-17)12(2)18/h4-5,10H,3,6-9,15H2,1-2H3. The monoisotopic (exact) mass is 311 g/mol. The molecule has 1 saturated heterocycles. The summed E-state index contributed by atoms with van der Waals surface area (Å²) in [5.74, 6) is -0.0161. The molecule has 0 atom stereocenters. The Hall–Kier alpha value is -1.60. The minimum Gasteiger partial charge on any atom is -0.399 e. The Kier molecular flexibility index (Phi) is 4.53. The molecule has 0 aliphatic carbocycles. The number of amides is 1. The van der Waals surface area contributed by atoms with Gasteiger partial charge in [-0.05, 0) is 37.1 Å². The number of rotatable bonds is 2. The maximum Gasteiger partial charge on any atom is 0.243 e. The molecule has 6 nitrogen and oxygen atoms in total. The summed E-state index contributed by atoms with van der Waals surface area (Å²) >= 11 is 0. The average molecular weight is 311 g/mol. The van der Waals surface area contributed by atoms with E-state index in [9.17, 15) is 13.2 Å². The molecule has 116 valence electrons. The molecule has 1 aliphatic rings. The Balaban J connectivity index is 2.23. The van der Waals surface area contributed by atoms with Gasteiger partial charge in [0, 0.05) is 38.8 Å². The van der Waals surface area contributed by atoms with Crippen LogP contribution in [-0.2, 0) is 14.8 Å². The maximum atomic E-state index is 12.7. The molecule has 1 aliphatic heterocycles. The largest absolute Gasteiger partial charge is 0.399 e. The first-order valence-corrected chi connectivity index (χ1v) is 8.38. The fourth-order valence-electron chi connectivity index (χ4n) is 2.41. The number of nitrogens with zero attached hydrogens (tertiary/aromatic N) is 2. The molecular weight excluding hydrogens is 290 g/mol. The van der Waals surface area contributed by atoms with Crippen LogP contribution in [0.2, 0.25) is 0 Å². The molecule has 0 bridgehead atoms. The number of hydrogen-bond donors (Lipinski definition) is 1. The third-order valence-corrected chi connectivity index (χ3v) is 5.67. The van der Waals surface area contributed by atoms with Crippen LogP contribution < -0.4 is 5.73 Å². The first-order chi connectivity index (χ1) is 9.82. The van der Waals surface area contributed by atoms with Gasteiger partial charge in [-0.2, -0.15) is 4.31 Å². The number of nitrogens with two attached hydrogens (primary N) is 1. The van der Waals surface area contributed by atoms with Crippen LogP contribution in [0.4, 0.5) is 5.69 Å². The molecule has 2 rings (SSSR count). The fraction of sp³-hybridized carbons (Fsp3) is 0.500. The van der Waals surface area contributed by atoms with E-state index in [1.54, 1.807) is 24.0 Å². The number of benzene rings is 1. The second kappa shape index (κ2) is 6.03. The van der Waals surface area contributed by atoms with E-state index in [4.69, 9.17) is 5.73 Å². The number of hydrogen-bond acceptors (Lipinski definition) is 4. The van der Waals surface area contributed by atoms with Crippen LogP contribution in [0.15, 0.2) is 23.1 Å². The fourth-order valence-corrected chi connectivity index (χ4v) is 3.96. The summed E-state index contributed by atoms with van der Waals surface area (Å²) in [5.41, 5.74) is 7.06. The minimum absolute atomic E-state index is 0.0161. The topological polar surface area (TPSA) is 83.7 Å². The number of aryl methyl sites for hydroxylation is 1. The van der Waals surface area contributed by atoms with Crippen LogP contribution in [0.3, 0.4) is 0 Å². The second-order valence-electron chi connectivity index (χ2n) is 5.28. The van der Waals surface area contributed by atoms with Crippen molar-refractivity contribution in [3.05, 3.63) is 23.8 Å². The number of nitrogen functional groups attached to an aromatic ring is 1. The smallest absolute Gasteiger partial charge is 0.243 e. The predicted octanol–water partition coefficient (Wildman–Crippen LogP) is 0.820. The number of carbonyl (C=O) groups excluding carboxylic acids is 1. The highest BCUT2D eigenvalue weighted by Gasteiger charge is 2.27. The molecule has 0 radical (unpaired) electrons. The van der Waals surface area contributed by atoms with Crippen molar-refractivity contribution >= 4 is 21.6 Å². The summed E-state index contributed by atoms with van der Waals surface area (Å²) in [6.07, 6.45) is 0.646. The molecule has 1 heterocycles. The van der Waals surface area contributed by atoms with E-state index in [1.165, 1.54) is 17.3 Å². The van der Waals surface area contributed by atoms with Gasteiger partial charge in [-0.15, -0.1) is 0 Å². The van der Waals surface area contributed by atoms with Crippen molar-refractivity contribution < 1.29 is 13.2 Å². The molecule has 0 aromatic heterocycles. The zero-order chi connectivity index (χ0) is 15.6. The normalized spacial score (nSPS) is 17.5. The highest BCUT2D eigenvalue weighted by Crippen LogP contribution is 2.21. The Bertz CT molecular complexity index is 643. The molecule has 0 saturated carbocycles. The Morgan fingerprint density at radius 2 is 1.90 bits per heavy atom. The van der Waals surface area contributed by atoms with Gasteiger partial charge in [-0.25, -0.2) is 8.42 Å². The van der Waals surface area contributed by atoms with Crippen molar-refractivity contribution in [1.82, 2.24) is 9.21 Å². The van der Waals surface area contributed by atoms with E-state index in [0.29, 0.717) is 38.3 Å². The highest BCUT2D eigenvalue weighted by molar-refractivity contribution is 7.89. The van der Waals surface area contributed by atoms with Gasteiger partial charge in [0.1, 0.15) is 0 Å². The van der Waals surface area contributed by atoms with Crippen molar-refractivity contribution in [2.75, 3.05) is 31.9 Å². The van der Waals surface area contributed by atoms with Gasteiger partial charge in [-0.1, -0.05) is 0 Å². The first kappa shape index (κ1) is 15.8. The van der Waals surface area contributed by atoms with Crippen LogP contribution in [0.5, 0.6) is 0 Å². The molecule has 1 fully saturated rings. The predicted molar refractivity (Wildman–Crippen MR) is 81.2 cm³/mol. The van der Waals surface area contributed by atoms with Crippen molar-refractivity contribution in [3.63, 3.8) is 0 Å². The summed E-state index contributed by atoms with van der Waals surface area (Å²) in [6.45, 7) is 5.08. The molecule has 0 unspecified atom stereocenters. The van der Waals surface area contributed by atoms with E-state index in [1.807, 2.05) is 0 Å². The first-order valence-electron chi connectivity index (χ1n) is 6.94. The molecule has 1 amide bonds. The van der Waals surface area contributed by atoms with Gasteiger partial charge >= 0.3 is 0 Å². The zero-order valence-corrected chi connectivity index (χ0v) is 13.2. The van der Waals surface area contributed by atoms with E-state index < -0.39 is 10.0 Å². The molecule has 0 spiro atoms. The summed E-state index contributed by atoms with van der Waals surface area (Å²) in [4.78, 5) is 13.3. The number of carbonyl (C=O) groups is 1. The summed E-state index contributed by atoms with van der Waals surface area (Å²) < 4.78 is 26.8. The molecule has 1 aromatic carbocycles. The van der Waals surface area contributed by atoms with Crippen molar-refractivity contribution in [2.24, 2.45) is 0 Å². The third-order valence-electron chi connectivity index (χ3n) is 3.78. The summed E-state index contributed by atoms with van der Waals surface area (Å²) in [5, 5.41) is 0. The molecule has 2 N–H and O–H groups in total. The van der Waals surface area contributed by atoms with Crippen LogP contribution in [0.1, 0.15) is 18.9 Å². The van der Waals surface area contributed by atoms with Crippen LogP contribution >= 0.6 is 0 Å². The molecule has 21 heavy (non-hydrogen) atoms. The van der Waals surface area contributed by atoms with Gasteiger partial charge in [-0.3, -0.25) is 4.79 Å². The van der Waals surface area contributed by atoms with Crippen molar-refractivity contribution in [2.45, 2.75) is 25.2 Å². The van der Waals surface area contributed by atoms with Gasteiger partial charge in [0.25, 0.3) is 0 Å². The number of anilines is 1. The van der Waals surface area contributed by atoms with Gasteiger partial charge in [0.15, 0.2) is 0 Å². The summed E-state index contributed by atoms with van der Waals surface area (Å²) in [7, 11) is -3.53. The van der Waals surface area contributed by atoms with E-state index >= 15 is 0 Å². The van der Waals surface area contributed by atoms with Crippen molar-refractivity contribution in [1.29, 1.82) is 0 Å². The van der Waals surface area contributed by atoms with Gasteiger partial charge in [0.05, 0.1) is 4.90 Å². The van der Waals surface area contributed by atoms with Crippen LogP contribution in [-0.4, -0.2) is 49.7 Å². The molecular formula is C14H21N3O3S. The summed E-state index contributed by atoms with van der Waals surface area (Å²) in [6, 6.07) is 4.74.